The van der Waals surface area contributed by atoms with E-state index in [2.05, 4.69) is 75.3 Å². The Morgan fingerprint density at radius 3 is 2.63 bits per heavy atom. The van der Waals surface area contributed by atoms with Crippen LogP contribution in [0.5, 0.6) is 0 Å². The van der Waals surface area contributed by atoms with Crippen molar-refractivity contribution in [3.63, 3.8) is 0 Å². The summed E-state index contributed by atoms with van der Waals surface area (Å²) in [5.41, 5.74) is 7.06. The van der Waals surface area contributed by atoms with Crippen molar-refractivity contribution < 1.29 is 0 Å². The molecule has 0 saturated carbocycles. The third-order valence-corrected chi connectivity index (χ3v) is 5.93. The lowest BCUT2D eigenvalue weighted by Crippen LogP contribution is -2.07. The molecule has 3 nitrogen and oxygen atoms in total. The predicted molar refractivity (Wildman–Crippen MR) is 93.5 cm³/mol. The second-order valence-corrected chi connectivity index (χ2v) is 8.00. The molecule has 0 unspecified atom stereocenters. The summed E-state index contributed by atoms with van der Waals surface area (Å²) in [4.78, 5) is 11.4. The predicted octanol–water partition coefficient (Wildman–Crippen LogP) is 4.66. The van der Waals surface area contributed by atoms with Gasteiger partial charge in [-0.25, -0.2) is 9.97 Å². The molecule has 0 atom stereocenters. The smallest absolute Gasteiger partial charge is 0.171 e. The Hall–Kier alpha value is -0.210. The second kappa shape index (κ2) is 6.05. The number of nitrogens with two attached hydrogens (primary N) is 1. The molecule has 2 heterocycles. The Balaban J connectivity index is 2.49. The normalized spacial score (nSPS) is 11.3. The van der Waals surface area contributed by atoms with Gasteiger partial charge in [-0.3, -0.25) is 0 Å². The maximum absolute atomic E-state index is 6.01. The number of aromatic nitrogens is 2. The summed E-state index contributed by atoms with van der Waals surface area (Å²) in [7, 11) is 0. The van der Waals surface area contributed by atoms with E-state index >= 15 is 0 Å². The van der Waals surface area contributed by atoms with E-state index in [4.69, 9.17) is 5.73 Å². The highest BCUT2D eigenvalue weighted by Gasteiger charge is 2.14. The molecule has 0 aliphatic carbocycles. The van der Waals surface area contributed by atoms with Crippen LogP contribution in [0.25, 0.3) is 10.7 Å². The van der Waals surface area contributed by atoms with Gasteiger partial charge in [-0.15, -0.1) is 11.3 Å². The zero-order valence-electron chi connectivity index (χ0n) is 11.0. The number of halogens is 2. The lowest BCUT2D eigenvalue weighted by atomic mass is 10.1. The topological polar surface area (TPSA) is 51.8 Å². The molecule has 6 heteroatoms. The molecule has 0 saturated heterocycles. The quantitative estimate of drug-likeness (QED) is 0.690. The maximum Gasteiger partial charge on any atom is 0.171 e. The van der Waals surface area contributed by atoms with Crippen molar-refractivity contribution in [2.75, 3.05) is 5.73 Å². The zero-order valence-corrected chi connectivity index (χ0v) is 15.6. The molecule has 0 bridgehead atoms. The summed E-state index contributed by atoms with van der Waals surface area (Å²) in [5, 5.41) is 0. The van der Waals surface area contributed by atoms with Gasteiger partial charge in [0.1, 0.15) is 5.82 Å². The summed E-state index contributed by atoms with van der Waals surface area (Å²) in [5.74, 6) is 1.85. The van der Waals surface area contributed by atoms with Crippen LogP contribution in [0.4, 0.5) is 5.82 Å². The van der Waals surface area contributed by atoms with E-state index in [0.29, 0.717) is 11.7 Å². The Morgan fingerprint density at radius 2 is 2.11 bits per heavy atom. The van der Waals surface area contributed by atoms with Crippen molar-refractivity contribution in [2.24, 2.45) is 5.92 Å². The first-order valence-corrected chi connectivity index (χ1v) is 8.65. The van der Waals surface area contributed by atoms with Crippen molar-refractivity contribution in [2.45, 2.75) is 27.2 Å². The highest BCUT2D eigenvalue weighted by atomic mass is 127. The molecule has 2 N–H and O–H groups in total. The number of nitrogen functional groups attached to an aromatic ring is 1. The molecule has 0 spiro atoms. The number of hydrogen-bond acceptors (Lipinski definition) is 4. The third kappa shape index (κ3) is 3.46. The number of thiophene rings is 1. The fourth-order valence-electron chi connectivity index (χ4n) is 1.72. The van der Waals surface area contributed by atoms with Gasteiger partial charge in [0, 0.05) is 9.35 Å². The van der Waals surface area contributed by atoms with Crippen LogP contribution in [0, 0.1) is 16.4 Å². The number of rotatable bonds is 3. The third-order valence-electron chi connectivity index (χ3n) is 2.62. The summed E-state index contributed by atoms with van der Waals surface area (Å²) < 4.78 is 2.07. The van der Waals surface area contributed by atoms with E-state index in [1.54, 1.807) is 11.3 Å². The molecule has 0 fully saturated rings. The number of aryl methyl sites for hydroxylation is 1. The van der Waals surface area contributed by atoms with Gasteiger partial charge in [-0.05, 0) is 63.8 Å². The van der Waals surface area contributed by atoms with Crippen LogP contribution in [0.3, 0.4) is 0 Å². The van der Waals surface area contributed by atoms with Crippen LogP contribution in [0.1, 0.15) is 24.4 Å². The highest BCUT2D eigenvalue weighted by Crippen LogP contribution is 2.33. The van der Waals surface area contributed by atoms with Gasteiger partial charge >= 0.3 is 0 Å². The van der Waals surface area contributed by atoms with E-state index in [1.807, 2.05) is 0 Å². The average molecular weight is 452 g/mol. The first kappa shape index (κ1) is 15.2. The van der Waals surface area contributed by atoms with Gasteiger partial charge in [0.15, 0.2) is 5.82 Å². The summed E-state index contributed by atoms with van der Waals surface area (Å²) in [6, 6.07) is 2.06. The summed E-state index contributed by atoms with van der Waals surface area (Å²) in [6.07, 6.45) is 0.920. The van der Waals surface area contributed by atoms with Crippen LogP contribution in [0.2, 0.25) is 0 Å². The molecule has 0 aliphatic heterocycles. The number of hydrogen-bond donors (Lipinski definition) is 1. The fourth-order valence-corrected chi connectivity index (χ4v) is 3.65. The Bertz CT molecular complexity index is 591. The molecule has 0 radical (unpaired) electrons. The first-order chi connectivity index (χ1) is 8.88. The molecule has 102 valence electrons. The van der Waals surface area contributed by atoms with Crippen molar-refractivity contribution in [3.8, 4) is 10.7 Å². The lowest BCUT2D eigenvalue weighted by Gasteiger charge is -2.10. The van der Waals surface area contributed by atoms with Gasteiger partial charge in [0.25, 0.3) is 0 Å². The Kier molecular flexibility index (Phi) is 4.84. The number of nitrogens with zero attached hydrogens (tertiary/aromatic N) is 2. The van der Waals surface area contributed by atoms with E-state index in [1.165, 1.54) is 4.88 Å². The maximum atomic E-state index is 6.01. The zero-order chi connectivity index (χ0) is 14.2. The minimum absolute atomic E-state index is 0.549. The molecule has 2 rings (SSSR count). The van der Waals surface area contributed by atoms with Crippen LogP contribution in [-0.4, -0.2) is 9.97 Å². The minimum Gasteiger partial charge on any atom is -0.383 e. The summed E-state index contributed by atoms with van der Waals surface area (Å²) >= 11 is 7.44. The minimum atomic E-state index is 0.549. The molecule has 0 amide bonds. The molecule has 2 aromatic heterocycles. The van der Waals surface area contributed by atoms with Crippen LogP contribution < -0.4 is 5.73 Å². The SMILES string of the molecule is Cc1sc(-c2nc(N)c(I)c(CC(C)C)n2)cc1Br. The fraction of sp³-hybridized carbons (Fsp3) is 0.385. The molecule has 0 aliphatic rings. The van der Waals surface area contributed by atoms with Gasteiger partial charge in [0.05, 0.1) is 14.1 Å². The Morgan fingerprint density at radius 1 is 1.42 bits per heavy atom. The van der Waals surface area contributed by atoms with Gasteiger partial charge < -0.3 is 5.73 Å². The van der Waals surface area contributed by atoms with Gasteiger partial charge in [0.2, 0.25) is 0 Å². The molecular formula is C13H15BrIN3S. The van der Waals surface area contributed by atoms with Gasteiger partial charge in [-0.2, -0.15) is 0 Å². The second-order valence-electron chi connectivity index (χ2n) is 4.81. The van der Waals surface area contributed by atoms with Crippen molar-refractivity contribution in [1.82, 2.24) is 9.97 Å². The largest absolute Gasteiger partial charge is 0.383 e. The summed E-state index contributed by atoms with van der Waals surface area (Å²) in [6.45, 7) is 6.43. The van der Waals surface area contributed by atoms with Crippen LogP contribution >= 0.6 is 49.9 Å². The molecular weight excluding hydrogens is 437 g/mol. The van der Waals surface area contributed by atoms with Crippen molar-refractivity contribution in [1.29, 1.82) is 0 Å². The molecule has 2 aromatic rings. The van der Waals surface area contributed by atoms with Crippen molar-refractivity contribution >= 4 is 55.7 Å². The van der Waals surface area contributed by atoms with Crippen molar-refractivity contribution in [3.05, 3.63) is 24.7 Å². The first-order valence-electron chi connectivity index (χ1n) is 5.96. The average Bonchev–Trinajstić information content (AvgIpc) is 2.65. The van der Waals surface area contributed by atoms with E-state index < -0.39 is 0 Å². The number of anilines is 1. The van der Waals surface area contributed by atoms with Crippen LogP contribution in [-0.2, 0) is 6.42 Å². The standard InChI is InChI=1S/C13H15BrIN3S/c1-6(2)4-9-11(15)12(16)18-13(17-9)10-5-8(14)7(3)19-10/h5-6H,4H2,1-3H3,(H2,16,17,18). The monoisotopic (exact) mass is 451 g/mol. The molecule has 0 aromatic carbocycles. The highest BCUT2D eigenvalue weighted by molar-refractivity contribution is 14.1. The van der Waals surface area contributed by atoms with E-state index in [-0.39, 0.29) is 0 Å². The van der Waals surface area contributed by atoms with Gasteiger partial charge in [-0.1, -0.05) is 13.8 Å². The lowest BCUT2D eigenvalue weighted by molar-refractivity contribution is 0.632. The Labute approximate surface area is 139 Å². The van der Waals surface area contributed by atoms with Crippen LogP contribution in [0.15, 0.2) is 10.5 Å². The molecule has 19 heavy (non-hydrogen) atoms. The van der Waals surface area contributed by atoms with E-state index in [0.717, 1.165) is 30.9 Å². The van der Waals surface area contributed by atoms with E-state index in [9.17, 15) is 0 Å².